The molecule has 7 amide bonds. The van der Waals surface area contributed by atoms with Crippen LogP contribution in [-0.4, -0.2) is 138 Å². The number of aliphatic imine (C=N–C) groups is 1. The smallest absolute Gasteiger partial charge is 0.271 e. The number of aromatic nitrogens is 7. The summed E-state index contributed by atoms with van der Waals surface area (Å²) in [5, 5.41) is 35.3. The molecule has 8 N–H and O–H groups in total. The Hall–Kier alpha value is -8.17. The van der Waals surface area contributed by atoms with Gasteiger partial charge in [0.25, 0.3) is 23.6 Å². The average molecular weight is 1290 g/mol. The van der Waals surface area contributed by atoms with Crippen molar-refractivity contribution in [3.05, 3.63) is 117 Å². The number of aliphatic hydroxyl groups excluding tert-OH is 1. The van der Waals surface area contributed by atoms with Crippen molar-refractivity contribution in [1.82, 2.24) is 66.4 Å². The van der Waals surface area contributed by atoms with Crippen molar-refractivity contribution in [3.63, 3.8) is 0 Å². The maximum atomic E-state index is 14.4. The molecule has 6 atom stereocenters. The number of carbonyl (C=O) groups excluding carboxylic acids is 7. The summed E-state index contributed by atoms with van der Waals surface area (Å²) < 4.78 is 11.4. The highest BCUT2D eigenvalue weighted by atomic mass is 32.1. The van der Waals surface area contributed by atoms with Gasteiger partial charge in [0.15, 0.2) is 6.04 Å². The average Bonchev–Trinajstić information content (AvgIpc) is 2.59. The zero-order valence-electron chi connectivity index (χ0n) is 47.0. The van der Waals surface area contributed by atoms with Crippen LogP contribution >= 0.6 is 68.0 Å². The van der Waals surface area contributed by atoms with E-state index in [4.69, 9.17) is 50.1 Å². The molecule has 10 bridgehead atoms. The molecule has 0 spiro atoms. The van der Waals surface area contributed by atoms with Crippen molar-refractivity contribution in [1.29, 1.82) is 0 Å². The number of likely N-dealkylation sites (tertiary alicyclic amines) is 1. The predicted molar refractivity (Wildman–Crippen MR) is 327 cm³/mol. The largest absolute Gasteiger partial charge is 0.473 e. The number of nitrogens with two attached hydrogens (primary N) is 1. The molecule has 1 saturated heterocycles. The van der Waals surface area contributed by atoms with Crippen LogP contribution in [0.5, 0.6) is 0 Å². The van der Waals surface area contributed by atoms with Gasteiger partial charge in [-0.05, 0) is 43.4 Å². The van der Waals surface area contributed by atoms with Crippen LogP contribution in [-0.2, 0) is 35.3 Å². The van der Waals surface area contributed by atoms with E-state index in [1.807, 2.05) is 13.8 Å². The van der Waals surface area contributed by atoms with Crippen LogP contribution in [0.2, 0.25) is 0 Å². The number of rotatable bonds is 11. The van der Waals surface area contributed by atoms with Gasteiger partial charge < -0.3 is 51.8 Å². The Morgan fingerprint density at radius 1 is 0.759 bits per heavy atom. The molecular weight excluding hydrogens is 1240 g/mol. The Kier molecular flexibility index (Phi) is 18.1. The summed E-state index contributed by atoms with van der Waals surface area (Å²) in [6, 6.07) is 7.92. The van der Waals surface area contributed by atoms with Crippen molar-refractivity contribution in [2.45, 2.75) is 83.0 Å². The van der Waals surface area contributed by atoms with Crippen LogP contribution in [0.15, 0.2) is 69.0 Å². The van der Waals surface area contributed by atoms with Crippen LogP contribution in [0.1, 0.15) is 125 Å². The van der Waals surface area contributed by atoms with Crippen LogP contribution in [0, 0.1) is 12.8 Å². The van der Waals surface area contributed by atoms with Crippen LogP contribution in [0.4, 0.5) is 0 Å². The second-order valence-corrected chi connectivity index (χ2v) is 26.3. The van der Waals surface area contributed by atoms with E-state index in [1.165, 1.54) is 75.7 Å². The number of primary amides is 1. The number of amides is 7. The Bertz CT molecular complexity index is 3980. The number of aryl methyl sites for hydroxylation is 1. The number of aliphatic hydroxyl groups is 1. The summed E-state index contributed by atoms with van der Waals surface area (Å²) in [6.07, 6.45) is -0.374. The first kappa shape index (κ1) is 60.5. The summed E-state index contributed by atoms with van der Waals surface area (Å²) in [4.78, 5) is 136. The molecule has 1 aromatic carbocycles. The lowest BCUT2D eigenvalue weighted by Gasteiger charge is -2.23. The van der Waals surface area contributed by atoms with Crippen molar-refractivity contribution >= 4 is 115 Å². The highest BCUT2D eigenvalue weighted by Gasteiger charge is 2.39. The van der Waals surface area contributed by atoms with Gasteiger partial charge in [-0.3, -0.25) is 33.6 Å². The molecule has 0 aliphatic carbocycles. The predicted octanol–water partition coefficient (Wildman–Crippen LogP) is 5.93. The number of hydrogen-bond donors (Lipinski definition) is 7. The summed E-state index contributed by atoms with van der Waals surface area (Å²) in [7, 11) is 2.94. The minimum atomic E-state index is -1.28. The van der Waals surface area contributed by atoms with Crippen LogP contribution in [0.3, 0.4) is 0 Å². The Morgan fingerprint density at radius 3 is 2.23 bits per heavy atom. The molecule has 25 nitrogen and oxygen atoms in total. The number of methoxy groups -OCH3 is 1. The van der Waals surface area contributed by atoms with Gasteiger partial charge in [-0.15, -0.1) is 68.0 Å². The number of ether oxygens (including phenoxy) is 2. The molecule has 31 heteroatoms. The molecule has 3 aliphatic rings. The highest BCUT2D eigenvalue weighted by Crippen LogP contribution is 2.40. The summed E-state index contributed by atoms with van der Waals surface area (Å²) in [5.74, 6) is -3.91. The quantitative estimate of drug-likeness (QED) is 0.0788. The second-order valence-electron chi connectivity index (χ2n) is 20.5. The van der Waals surface area contributed by atoms with Crippen molar-refractivity contribution in [2.24, 2.45) is 16.6 Å². The van der Waals surface area contributed by atoms with Crippen molar-refractivity contribution < 1.29 is 48.1 Å². The van der Waals surface area contributed by atoms with Gasteiger partial charge in [-0.25, -0.2) is 39.9 Å². The first-order chi connectivity index (χ1) is 41.9. The molecule has 6 unspecified atom stereocenters. The maximum Gasteiger partial charge on any atom is 0.271 e. The zero-order chi connectivity index (χ0) is 61.2. The number of thiazole rings is 6. The van der Waals surface area contributed by atoms with E-state index >= 15 is 0 Å². The lowest BCUT2D eigenvalue weighted by atomic mass is 10.0. The van der Waals surface area contributed by atoms with E-state index < -0.39 is 78.3 Å². The SMILES string of the molecule is CNC(=O)CC1NC(=O)c2csc(n2)-c2ccc(-c3nc(C4=NC(C(=O)N5CCCC5C(N)=O)CO4)cs3)nc2-c2csc(n2)-c2csc(n2)C(C(O)c2ccccc2)NC(=O)CNC(=O)c2nc(sc2COC)C(C(C)C)NC(=O)c2nc1sc2C. The highest BCUT2D eigenvalue weighted by molar-refractivity contribution is 7.15. The van der Waals surface area contributed by atoms with Crippen LogP contribution in [0.25, 0.3) is 43.4 Å². The standard InChI is InChI=1S/C56H55N15O10S6/c1-24(2)39-55-70-42(36(87-55)19-80-5)47(77)59-17-38(73)67-43(44(74)26-10-7-6-8-11-26)54-66-34(23-85-54)52-63-31(20-83-52)41-27(50-64-32(21-82-50)46(76)61-29(16-37(72)58-4)53-69-40(25(3)86-53)48(78)68-39)13-14-28(60-41)51-65-33(22-84-51)49-62-30(18-81-49)56(79)71-15-9-12-35(71)45(57)75/h6-8,10-11,13-14,20-24,29-30,35,39,43-44,74H,9,12,15-19H2,1-5H3,(H2,57,75)(H,58,72)(H,59,77)(H,61,76)(H,67,73)(H,68,78). The third-order valence-electron chi connectivity index (χ3n) is 14.3. The van der Waals surface area contributed by atoms with Gasteiger partial charge in [0.1, 0.15) is 94.7 Å². The molecule has 0 radical (unpaired) electrons. The number of hydrogen-bond acceptors (Lipinski definition) is 24. The number of nitrogens with zero attached hydrogens (tertiary/aromatic N) is 9. The number of benzene rings is 1. The lowest BCUT2D eigenvalue weighted by Crippen LogP contribution is -2.47. The number of fused-ring (bicyclic) bond motifs is 14. The molecule has 7 aromatic heterocycles. The fourth-order valence-electron chi connectivity index (χ4n) is 9.84. The minimum Gasteiger partial charge on any atom is -0.473 e. The van der Waals surface area contributed by atoms with E-state index in [0.717, 1.165) is 11.3 Å². The molecule has 0 saturated carbocycles. The Balaban J connectivity index is 0.970. The normalized spacial score (nSPS) is 19.6. The summed E-state index contributed by atoms with van der Waals surface area (Å²) in [6.45, 7) is 5.31. The van der Waals surface area contributed by atoms with Gasteiger partial charge in [0, 0.05) is 52.7 Å². The van der Waals surface area contributed by atoms with Crippen molar-refractivity contribution in [3.8, 4) is 43.4 Å². The monoisotopic (exact) mass is 1290 g/mol. The first-order valence-electron chi connectivity index (χ1n) is 27.2. The number of nitrogens with one attached hydrogen (secondary N) is 5. The van der Waals surface area contributed by atoms with E-state index in [2.05, 4.69) is 31.6 Å². The third kappa shape index (κ3) is 13.0. The maximum absolute atomic E-state index is 14.4. The lowest BCUT2D eigenvalue weighted by molar-refractivity contribution is -0.138. The summed E-state index contributed by atoms with van der Waals surface area (Å²) >= 11 is 7.20. The van der Waals surface area contributed by atoms with E-state index in [-0.39, 0.29) is 59.4 Å². The molecular formula is C56H55N15O10S6. The van der Waals surface area contributed by atoms with Gasteiger partial charge in [-0.2, -0.15) is 0 Å². The molecule has 11 rings (SSSR count). The topological polar surface area (TPSA) is 350 Å². The molecule has 10 heterocycles. The second kappa shape index (κ2) is 26.0. The Labute approximate surface area is 520 Å². The summed E-state index contributed by atoms with van der Waals surface area (Å²) in [5.41, 5.74) is 8.65. The molecule has 3 aliphatic heterocycles. The number of pyridine rings is 1. The molecule has 450 valence electrons. The van der Waals surface area contributed by atoms with E-state index in [9.17, 15) is 38.7 Å². The first-order valence-corrected chi connectivity index (χ1v) is 32.3. The van der Waals surface area contributed by atoms with E-state index in [0.29, 0.717) is 93.8 Å². The van der Waals surface area contributed by atoms with E-state index in [1.54, 1.807) is 70.9 Å². The van der Waals surface area contributed by atoms with Crippen molar-refractivity contribution in [2.75, 3.05) is 33.9 Å². The molecule has 1 fully saturated rings. The fraction of sp³-hybridized carbons (Fsp3) is 0.339. The molecule has 8 aromatic rings. The fourth-order valence-corrected chi connectivity index (χ4v) is 15.4. The van der Waals surface area contributed by atoms with Gasteiger partial charge >= 0.3 is 0 Å². The number of carbonyl (C=O) groups is 7. The zero-order valence-corrected chi connectivity index (χ0v) is 51.9. The molecule has 87 heavy (non-hydrogen) atoms. The van der Waals surface area contributed by atoms with Crippen LogP contribution < -0.4 is 32.3 Å². The van der Waals surface area contributed by atoms with Gasteiger partial charge in [-0.1, -0.05) is 44.2 Å². The Morgan fingerprint density at radius 2 is 1.47 bits per heavy atom. The van der Waals surface area contributed by atoms with Gasteiger partial charge in [0.2, 0.25) is 23.6 Å². The third-order valence-corrected chi connectivity index (χ3v) is 20.0. The minimum absolute atomic E-state index is 0.00115. The van der Waals surface area contributed by atoms with Gasteiger partial charge in [0.05, 0.1) is 42.2 Å².